The normalized spacial score (nSPS) is 30.0. The molecule has 0 bridgehead atoms. The minimum Gasteiger partial charge on any atom is -0.395 e. The highest BCUT2D eigenvalue weighted by molar-refractivity contribution is 8.01. The zero-order valence-electron chi connectivity index (χ0n) is 10.1. The maximum absolute atomic E-state index is 9.91. The molecule has 0 unspecified atom stereocenters. The van der Waals surface area contributed by atoms with Crippen molar-refractivity contribution in [2.75, 3.05) is 11.9 Å². The summed E-state index contributed by atoms with van der Waals surface area (Å²) in [6, 6.07) is 0. The summed E-state index contributed by atoms with van der Waals surface area (Å²) >= 11 is 7.21. The van der Waals surface area contributed by atoms with Crippen LogP contribution in [0.1, 0.15) is 0 Å². The van der Waals surface area contributed by atoms with Gasteiger partial charge >= 0.3 is 0 Å². The van der Waals surface area contributed by atoms with E-state index < -0.39 is 22.8 Å². The van der Waals surface area contributed by atoms with Gasteiger partial charge in [-0.1, -0.05) is 11.6 Å². The lowest BCUT2D eigenvalue weighted by Crippen LogP contribution is -2.36. The third kappa shape index (κ3) is 2.31. The number of thioether (sulfide) groups is 1. The maximum atomic E-state index is 9.91. The Hall–Kier alpha value is -1.13. The summed E-state index contributed by atoms with van der Waals surface area (Å²) in [5.41, 5.74) is 0.939. The first-order valence-corrected chi connectivity index (χ1v) is 7.18. The molecule has 0 radical (unpaired) electrons. The second-order valence-electron chi connectivity index (χ2n) is 4.34. The molecule has 8 nitrogen and oxygen atoms in total. The monoisotopic (exact) mass is 317 g/mol. The third-order valence-electron chi connectivity index (χ3n) is 3.06. The predicted octanol–water partition coefficient (Wildman–Crippen LogP) is -0.426. The number of rotatable bonds is 3. The van der Waals surface area contributed by atoms with Gasteiger partial charge in [-0.25, -0.2) is 4.98 Å². The average molecular weight is 318 g/mol. The van der Waals surface area contributed by atoms with Crippen LogP contribution in [0.4, 0.5) is 5.95 Å². The van der Waals surface area contributed by atoms with E-state index in [4.69, 9.17) is 16.7 Å². The molecule has 1 saturated heterocycles. The van der Waals surface area contributed by atoms with E-state index in [-0.39, 0.29) is 17.7 Å². The molecule has 108 valence electrons. The van der Waals surface area contributed by atoms with Crippen molar-refractivity contribution in [2.24, 2.45) is 0 Å². The molecule has 10 heteroatoms. The summed E-state index contributed by atoms with van der Waals surface area (Å²) in [6.45, 7) is -0.221. The molecule has 5 N–H and O–H groups in total. The van der Waals surface area contributed by atoms with Gasteiger partial charge in [0.1, 0.15) is 17.0 Å². The van der Waals surface area contributed by atoms with Crippen LogP contribution < -0.4 is 5.32 Å². The fourth-order valence-electron chi connectivity index (χ4n) is 2.01. The van der Waals surface area contributed by atoms with Gasteiger partial charge in [-0.2, -0.15) is 9.97 Å². The molecule has 2 aromatic heterocycles. The largest absolute Gasteiger partial charge is 0.395 e. The van der Waals surface area contributed by atoms with Crippen molar-refractivity contribution in [1.82, 2.24) is 19.9 Å². The van der Waals surface area contributed by atoms with Crippen molar-refractivity contribution in [3.63, 3.8) is 0 Å². The van der Waals surface area contributed by atoms with E-state index in [1.165, 1.54) is 18.1 Å². The summed E-state index contributed by atoms with van der Waals surface area (Å²) in [5, 5.41) is 30.9. The molecule has 20 heavy (non-hydrogen) atoms. The summed E-state index contributed by atoms with van der Waals surface area (Å²) in [5.74, 6) is 0.205. The number of hydrogen-bond acceptors (Lipinski definition) is 8. The Kier molecular flexibility index (Phi) is 3.69. The molecule has 2 aromatic rings. The molecular formula is C10H12ClN5O3S. The van der Waals surface area contributed by atoms with Crippen molar-refractivity contribution in [3.8, 4) is 0 Å². The van der Waals surface area contributed by atoms with E-state index in [1.54, 1.807) is 0 Å². The van der Waals surface area contributed by atoms with Crippen LogP contribution in [-0.2, 0) is 0 Å². The Morgan fingerprint density at radius 1 is 1.35 bits per heavy atom. The highest BCUT2D eigenvalue weighted by Gasteiger charge is 2.42. The molecule has 1 aliphatic heterocycles. The van der Waals surface area contributed by atoms with Gasteiger partial charge in [-0.15, -0.1) is 11.8 Å². The smallest absolute Gasteiger partial charge is 0.227 e. The van der Waals surface area contributed by atoms with Crippen LogP contribution in [0.15, 0.2) is 6.33 Å². The van der Waals surface area contributed by atoms with Gasteiger partial charge in [-0.05, 0) is 0 Å². The first-order chi connectivity index (χ1) is 9.60. The van der Waals surface area contributed by atoms with Crippen molar-refractivity contribution in [1.29, 1.82) is 0 Å². The van der Waals surface area contributed by atoms with Gasteiger partial charge in [0.05, 0.1) is 24.3 Å². The second kappa shape index (κ2) is 5.34. The number of hydrogen-bond donors (Lipinski definition) is 5. The third-order valence-corrected chi connectivity index (χ3v) is 4.80. The number of imidazole rings is 1. The summed E-state index contributed by atoms with van der Waals surface area (Å²) < 4.78 is 0. The lowest BCUT2D eigenvalue weighted by atomic mass is 10.1. The fraction of sp³-hybridized carbons (Fsp3) is 0.500. The van der Waals surface area contributed by atoms with Crippen LogP contribution in [0.3, 0.4) is 0 Å². The van der Waals surface area contributed by atoms with Crippen LogP contribution in [0.25, 0.3) is 11.2 Å². The van der Waals surface area contributed by atoms with Crippen LogP contribution >= 0.6 is 23.4 Å². The highest BCUT2D eigenvalue weighted by Crippen LogP contribution is 2.34. The van der Waals surface area contributed by atoms with Gasteiger partial charge in [0.25, 0.3) is 0 Å². The van der Waals surface area contributed by atoms with Crippen LogP contribution in [0.2, 0.25) is 5.15 Å². The van der Waals surface area contributed by atoms with Crippen molar-refractivity contribution >= 4 is 40.5 Å². The first-order valence-electron chi connectivity index (χ1n) is 5.85. The van der Waals surface area contributed by atoms with E-state index in [9.17, 15) is 10.2 Å². The number of aromatic nitrogens is 4. The fourth-order valence-corrected chi connectivity index (χ4v) is 3.51. The minimum absolute atomic E-state index is 0.205. The molecule has 3 heterocycles. The molecule has 0 aromatic carbocycles. The minimum atomic E-state index is -1.03. The molecular weight excluding hydrogens is 306 g/mol. The van der Waals surface area contributed by atoms with E-state index in [0.29, 0.717) is 11.2 Å². The Morgan fingerprint density at radius 2 is 2.15 bits per heavy atom. The quantitative estimate of drug-likeness (QED) is 0.483. The number of anilines is 1. The molecule has 4 atom stereocenters. The standard InChI is InChI=1S/C10H12ClN5O3S/c11-7-4-8(13-2-12-4)15-10(14-7)16-9-6(19)5(18)3(1-17)20-9/h2-3,5-6,9,17-19H,1H2,(H2,12,13,14,15,16)/t3-,5-,6+,9-/m1/s1. The van der Waals surface area contributed by atoms with Crippen molar-refractivity contribution in [3.05, 3.63) is 11.5 Å². The summed E-state index contributed by atoms with van der Waals surface area (Å²) in [7, 11) is 0. The number of H-pyrrole nitrogens is 1. The molecule has 0 saturated carbocycles. The maximum Gasteiger partial charge on any atom is 0.227 e. The Labute approximate surface area is 122 Å². The number of aromatic amines is 1. The van der Waals surface area contributed by atoms with Gasteiger partial charge in [0.15, 0.2) is 10.8 Å². The first kappa shape index (κ1) is 13.8. The Bertz CT molecular complexity index is 626. The topological polar surface area (TPSA) is 127 Å². The molecule has 0 aliphatic carbocycles. The van der Waals surface area contributed by atoms with Crippen molar-refractivity contribution in [2.45, 2.75) is 22.8 Å². The number of halogens is 1. The van der Waals surface area contributed by atoms with Crippen LogP contribution in [0, 0.1) is 0 Å². The lowest BCUT2D eigenvalue weighted by Gasteiger charge is -2.16. The van der Waals surface area contributed by atoms with Gasteiger partial charge in [-0.3, -0.25) is 0 Å². The predicted molar refractivity (Wildman–Crippen MR) is 74.6 cm³/mol. The molecule has 3 rings (SSSR count). The van der Waals surface area contributed by atoms with Gasteiger partial charge in [0, 0.05) is 0 Å². The zero-order chi connectivity index (χ0) is 14.3. The average Bonchev–Trinajstić information content (AvgIpc) is 2.99. The van der Waals surface area contributed by atoms with Gasteiger partial charge in [0.2, 0.25) is 5.95 Å². The lowest BCUT2D eigenvalue weighted by molar-refractivity contribution is 0.0230. The molecule has 0 spiro atoms. The number of aliphatic hydroxyl groups is 3. The van der Waals surface area contributed by atoms with Crippen LogP contribution in [-0.4, -0.2) is 64.7 Å². The zero-order valence-corrected chi connectivity index (χ0v) is 11.6. The van der Waals surface area contributed by atoms with E-state index in [2.05, 4.69) is 25.3 Å². The number of nitrogens with one attached hydrogen (secondary N) is 2. The number of fused-ring (bicyclic) bond motifs is 1. The van der Waals surface area contributed by atoms with E-state index in [1.807, 2.05) is 0 Å². The summed E-state index contributed by atoms with van der Waals surface area (Å²) in [4.78, 5) is 15.0. The molecule has 1 aliphatic rings. The molecule has 1 fully saturated rings. The van der Waals surface area contributed by atoms with Gasteiger partial charge < -0.3 is 25.6 Å². The summed E-state index contributed by atoms with van der Waals surface area (Å²) in [6.07, 6.45) is -0.582. The van der Waals surface area contributed by atoms with E-state index >= 15 is 0 Å². The Morgan fingerprint density at radius 3 is 2.85 bits per heavy atom. The second-order valence-corrected chi connectivity index (χ2v) is 6.09. The Balaban J connectivity index is 1.83. The molecule has 0 amide bonds. The van der Waals surface area contributed by atoms with E-state index in [0.717, 1.165) is 0 Å². The number of nitrogens with zero attached hydrogens (tertiary/aromatic N) is 3. The highest BCUT2D eigenvalue weighted by atomic mass is 35.5. The van der Waals surface area contributed by atoms with Crippen molar-refractivity contribution < 1.29 is 15.3 Å². The SMILES string of the molecule is OC[C@H]1S[C@@H](Nc2nc(Cl)c3[nH]cnc3n2)[C@@H](O)[C@@H]1O. The van der Waals surface area contributed by atoms with Crippen LogP contribution in [0.5, 0.6) is 0 Å². The number of aliphatic hydroxyl groups excluding tert-OH is 3.